The van der Waals surface area contributed by atoms with Crippen molar-refractivity contribution in [1.29, 1.82) is 5.26 Å². The van der Waals surface area contributed by atoms with Gasteiger partial charge in [-0.05, 0) is 12.1 Å². The Labute approximate surface area is 172 Å². The summed E-state index contributed by atoms with van der Waals surface area (Å²) in [5.41, 5.74) is 2.23. The van der Waals surface area contributed by atoms with Gasteiger partial charge in [-0.25, -0.2) is 4.98 Å². The molecule has 1 atom stereocenters. The van der Waals surface area contributed by atoms with E-state index in [9.17, 15) is 25.1 Å². The summed E-state index contributed by atoms with van der Waals surface area (Å²) in [6.45, 7) is -0.0612. The van der Waals surface area contributed by atoms with Crippen molar-refractivity contribution in [3.05, 3.63) is 66.2 Å². The topological polar surface area (TPSA) is 115 Å². The van der Waals surface area contributed by atoms with E-state index >= 15 is 0 Å². The first-order chi connectivity index (χ1) is 14.5. The predicted octanol–water partition coefficient (Wildman–Crippen LogP) is 3.43. The molecule has 1 aliphatic rings. The number of nitriles is 1. The van der Waals surface area contributed by atoms with Crippen LogP contribution in [0, 0.1) is 17.2 Å². The molecule has 0 radical (unpaired) electrons. The molecule has 1 aliphatic heterocycles. The normalized spacial score (nSPS) is 15.8. The fraction of sp³-hybridized carbons (Fsp3) is 0.130. The van der Waals surface area contributed by atoms with Gasteiger partial charge in [-0.3, -0.25) is 14.5 Å². The summed E-state index contributed by atoms with van der Waals surface area (Å²) in [6.07, 6.45) is -0.149. The summed E-state index contributed by atoms with van der Waals surface area (Å²) >= 11 is 0. The van der Waals surface area contributed by atoms with Crippen molar-refractivity contribution in [1.82, 2.24) is 4.98 Å². The highest BCUT2D eigenvalue weighted by Gasteiger charge is 2.37. The lowest BCUT2D eigenvalue weighted by Gasteiger charge is -2.20. The highest BCUT2D eigenvalue weighted by atomic mass is 16.4. The third-order valence-corrected chi connectivity index (χ3v) is 5.11. The van der Waals surface area contributed by atoms with Crippen molar-refractivity contribution in [3.8, 4) is 34.2 Å². The monoisotopic (exact) mass is 399 g/mol. The van der Waals surface area contributed by atoms with Crippen molar-refractivity contribution < 1.29 is 19.8 Å². The molecule has 1 fully saturated rings. The summed E-state index contributed by atoms with van der Waals surface area (Å²) in [6, 6.07) is 19.6. The largest absolute Gasteiger partial charge is 0.507 e. The lowest BCUT2D eigenvalue weighted by molar-refractivity contribution is -0.141. The Morgan fingerprint density at radius 1 is 1.10 bits per heavy atom. The second kappa shape index (κ2) is 7.68. The number of anilines is 1. The summed E-state index contributed by atoms with van der Waals surface area (Å²) in [5, 5.41) is 29.6. The summed E-state index contributed by atoms with van der Waals surface area (Å²) in [4.78, 5) is 29.8. The molecular formula is C23H17N3O4. The lowest BCUT2D eigenvalue weighted by Crippen LogP contribution is -2.28. The van der Waals surface area contributed by atoms with Crippen LogP contribution in [0.3, 0.4) is 0 Å². The number of amides is 1. The third-order valence-electron chi connectivity index (χ3n) is 5.11. The Morgan fingerprint density at radius 3 is 2.43 bits per heavy atom. The molecule has 2 heterocycles. The Hall–Kier alpha value is -4.18. The van der Waals surface area contributed by atoms with Gasteiger partial charge in [-0.1, -0.05) is 48.5 Å². The van der Waals surface area contributed by atoms with E-state index in [4.69, 9.17) is 0 Å². The molecule has 2 N–H and O–H groups in total. The number of phenols is 1. The van der Waals surface area contributed by atoms with Crippen LogP contribution < -0.4 is 4.90 Å². The number of carbonyl (C=O) groups excluding carboxylic acids is 1. The van der Waals surface area contributed by atoms with Crippen LogP contribution in [0.25, 0.3) is 22.4 Å². The van der Waals surface area contributed by atoms with Gasteiger partial charge in [0, 0.05) is 29.7 Å². The average Bonchev–Trinajstić information content (AvgIpc) is 3.15. The van der Waals surface area contributed by atoms with E-state index in [-0.39, 0.29) is 30.1 Å². The van der Waals surface area contributed by atoms with E-state index in [1.165, 1.54) is 11.0 Å². The van der Waals surface area contributed by atoms with Crippen LogP contribution in [0.1, 0.15) is 12.0 Å². The number of aromatic hydroxyl groups is 1. The van der Waals surface area contributed by atoms with Gasteiger partial charge in [0.05, 0.1) is 11.6 Å². The van der Waals surface area contributed by atoms with Gasteiger partial charge in [-0.15, -0.1) is 0 Å². The number of carbonyl (C=O) groups is 2. The van der Waals surface area contributed by atoms with Crippen LogP contribution in [0.15, 0.2) is 60.7 Å². The van der Waals surface area contributed by atoms with Crippen molar-refractivity contribution in [3.63, 3.8) is 0 Å². The highest BCUT2D eigenvalue weighted by Crippen LogP contribution is 2.39. The number of carboxylic acid groups (broad SMARTS) is 1. The molecule has 1 unspecified atom stereocenters. The molecule has 30 heavy (non-hydrogen) atoms. The number of aromatic nitrogens is 1. The standard InChI is InChI=1S/C23H17N3O4/c24-12-18-17(16-8-4-5-9-20(16)27)11-19(14-6-2-1-3-7-14)25-22(18)26-13-15(23(29)30)10-21(26)28/h1-9,11,15,27H,10,13H2,(H,29,30). The van der Waals surface area contributed by atoms with Gasteiger partial charge in [0.25, 0.3) is 0 Å². The molecule has 1 saturated heterocycles. The van der Waals surface area contributed by atoms with E-state index in [1.54, 1.807) is 24.3 Å². The van der Waals surface area contributed by atoms with Gasteiger partial charge in [0.2, 0.25) is 5.91 Å². The van der Waals surface area contributed by atoms with Gasteiger partial charge < -0.3 is 10.2 Å². The van der Waals surface area contributed by atoms with Gasteiger partial charge in [0.15, 0.2) is 5.82 Å². The molecule has 1 amide bonds. The molecule has 0 bridgehead atoms. The molecule has 148 valence electrons. The molecule has 7 heteroatoms. The van der Waals surface area contributed by atoms with Gasteiger partial charge in [0.1, 0.15) is 17.4 Å². The smallest absolute Gasteiger partial charge is 0.308 e. The van der Waals surface area contributed by atoms with E-state index in [0.717, 1.165) is 5.56 Å². The SMILES string of the molecule is N#Cc1c(-c2ccccc2O)cc(-c2ccccc2)nc1N1CC(C(=O)O)CC1=O. The number of benzene rings is 2. The quantitative estimate of drug-likeness (QED) is 0.695. The molecule has 0 saturated carbocycles. The van der Waals surface area contributed by atoms with Crippen LogP contribution >= 0.6 is 0 Å². The van der Waals surface area contributed by atoms with Crippen molar-refractivity contribution in [2.75, 3.05) is 11.4 Å². The van der Waals surface area contributed by atoms with E-state index in [0.29, 0.717) is 16.8 Å². The Kier molecular flexibility index (Phi) is 4.90. The van der Waals surface area contributed by atoms with Crippen molar-refractivity contribution in [2.24, 2.45) is 5.92 Å². The number of para-hydroxylation sites is 1. The van der Waals surface area contributed by atoms with Gasteiger partial charge >= 0.3 is 5.97 Å². The van der Waals surface area contributed by atoms with E-state index < -0.39 is 17.8 Å². The molecule has 1 aromatic heterocycles. The maximum absolute atomic E-state index is 12.6. The lowest BCUT2D eigenvalue weighted by atomic mass is 9.97. The van der Waals surface area contributed by atoms with E-state index in [2.05, 4.69) is 11.1 Å². The fourth-order valence-corrected chi connectivity index (χ4v) is 3.59. The molecule has 0 spiro atoms. The summed E-state index contributed by atoms with van der Waals surface area (Å²) in [5.74, 6) is -2.24. The molecule has 2 aromatic carbocycles. The number of aliphatic carboxylic acids is 1. The van der Waals surface area contributed by atoms with Crippen molar-refractivity contribution in [2.45, 2.75) is 6.42 Å². The van der Waals surface area contributed by atoms with Gasteiger partial charge in [-0.2, -0.15) is 5.26 Å². The molecule has 7 nitrogen and oxygen atoms in total. The second-order valence-corrected chi connectivity index (χ2v) is 6.99. The second-order valence-electron chi connectivity index (χ2n) is 6.99. The average molecular weight is 399 g/mol. The first-order valence-corrected chi connectivity index (χ1v) is 9.31. The first kappa shape index (κ1) is 19.2. The summed E-state index contributed by atoms with van der Waals surface area (Å²) < 4.78 is 0. The maximum Gasteiger partial charge on any atom is 0.308 e. The number of hydrogen-bond acceptors (Lipinski definition) is 5. The number of pyridine rings is 1. The minimum Gasteiger partial charge on any atom is -0.507 e. The Balaban J connectivity index is 1.96. The number of nitrogens with zero attached hydrogens (tertiary/aromatic N) is 3. The number of phenolic OH excluding ortho intramolecular Hbond substituents is 1. The first-order valence-electron chi connectivity index (χ1n) is 9.31. The van der Waals surface area contributed by atoms with Crippen molar-refractivity contribution >= 4 is 17.7 Å². The predicted molar refractivity (Wildman–Crippen MR) is 110 cm³/mol. The third kappa shape index (κ3) is 3.35. The van der Waals surface area contributed by atoms with E-state index in [1.807, 2.05) is 30.3 Å². The number of rotatable bonds is 4. The minimum absolute atomic E-state index is 0.0127. The van der Waals surface area contributed by atoms with Crippen LogP contribution in [0.2, 0.25) is 0 Å². The Morgan fingerprint density at radius 2 is 1.80 bits per heavy atom. The zero-order valence-electron chi connectivity index (χ0n) is 15.8. The van der Waals surface area contributed by atoms with Crippen LogP contribution in [0.5, 0.6) is 5.75 Å². The summed E-state index contributed by atoms with van der Waals surface area (Å²) in [7, 11) is 0. The maximum atomic E-state index is 12.6. The molecule has 4 rings (SSSR count). The zero-order chi connectivity index (χ0) is 21.3. The van der Waals surface area contributed by atoms with Crippen LogP contribution in [0.4, 0.5) is 5.82 Å². The zero-order valence-corrected chi connectivity index (χ0v) is 15.8. The highest BCUT2D eigenvalue weighted by molar-refractivity contribution is 6.01. The molecule has 3 aromatic rings. The number of hydrogen-bond donors (Lipinski definition) is 2. The van der Waals surface area contributed by atoms with Crippen LogP contribution in [-0.4, -0.2) is 33.6 Å². The fourth-order valence-electron chi connectivity index (χ4n) is 3.59. The van der Waals surface area contributed by atoms with Crippen LogP contribution in [-0.2, 0) is 9.59 Å². The minimum atomic E-state index is -1.07. The number of carboxylic acids is 1. The molecular weight excluding hydrogens is 382 g/mol. The molecule has 0 aliphatic carbocycles. The Bertz CT molecular complexity index is 1180.